The number of amides is 2. The molecule has 31 heavy (non-hydrogen) atoms. The largest absolute Gasteiger partial charge is 0.443 e. The molecule has 2 N–H and O–H groups in total. The van der Waals surface area contributed by atoms with Crippen molar-refractivity contribution in [2.24, 2.45) is 0 Å². The van der Waals surface area contributed by atoms with Crippen molar-refractivity contribution in [2.45, 2.75) is 82.5 Å². The lowest BCUT2D eigenvalue weighted by Crippen LogP contribution is -2.73. The molecule has 0 saturated carbocycles. The van der Waals surface area contributed by atoms with Gasteiger partial charge in [0.25, 0.3) is 0 Å². The van der Waals surface area contributed by atoms with Crippen molar-refractivity contribution in [3.63, 3.8) is 0 Å². The zero-order chi connectivity index (χ0) is 22.8. The highest BCUT2D eigenvalue weighted by Gasteiger charge is 2.62. The Labute approximate surface area is 184 Å². The molecular formula is C19H31N5O6S. The lowest BCUT2D eigenvalue weighted by molar-refractivity contribution is -0.129. The molecule has 2 aliphatic rings. The Morgan fingerprint density at radius 1 is 1.48 bits per heavy atom. The van der Waals surface area contributed by atoms with Crippen molar-refractivity contribution in [3.8, 4) is 0 Å². The number of hydrogen-bond acceptors (Lipinski definition) is 8. The van der Waals surface area contributed by atoms with Gasteiger partial charge in [0.15, 0.2) is 0 Å². The van der Waals surface area contributed by atoms with Crippen LogP contribution in [0.3, 0.4) is 0 Å². The first-order chi connectivity index (χ1) is 14.6. The summed E-state index contributed by atoms with van der Waals surface area (Å²) < 4.78 is 25.4. The number of hydrogen-bond donors (Lipinski definition) is 2. The third kappa shape index (κ3) is 4.75. The fourth-order valence-corrected chi connectivity index (χ4v) is 6.19. The fraction of sp³-hybridized carbons (Fsp3) is 0.789. The van der Waals surface area contributed by atoms with Crippen LogP contribution in [0.5, 0.6) is 0 Å². The van der Waals surface area contributed by atoms with E-state index in [4.69, 9.17) is 9.15 Å². The highest BCUT2D eigenvalue weighted by molar-refractivity contribution is 7.85. The summed E-state index contributed by atoms with van der Waals surface area (Å²) in [4.78, 5) is 26.2. The van der Waals surface area contributed by atoms with Crippen LogP contribution >= 0.6 is 0 Å². The average molecular weight is 458 g/mol. The molecule has 2 unspecified atom stereocenters. The molecular weight excluding hydrogens is 426 g/mol. The van der Waals surface area contributed by atoms with Gasteiger partial charge in [-0.25, -0.2) is 13.3 Å². The number of carbonyl (C=O) groups is 2. The summed E-state index contributed by atoms with van der Waals surface area (Å²) >= 11 is 0. The molecule has 3 rings (SSSR count). The molecule has 1 aromatic heterocycles. The highest BCUT2D eigenvalue weighted by Crippen LogP contribution is 2.44. The maximum atomic E-state index is 13.3. The van der Waals surface area contributed by atoms with E-state index in [1.165, 1.54) is 16.1 Å². The molecule has 1 aromatic rings. The fourth-order valence-electron chi connectivity index (χ4n) is 4.24. The van der Waals surface area contributed by atoms with Crippen molar-refractivity contribution in [1.29, 1.82) is 0 Å². The second-order valence-electron chi connectivity index (χ2n) is 8.64. The molecule has 2 saturated heterocycles. The third-order valence-corrected chi connectivity index (χ3v) is 7.66. The van der Waals surface area contributed by atoms with Crippen molar-refractivity contribution in [3.05, 3.63) is 12.3 Å². The Bertz CT molecular complexity index is 817. The number of aliphatic hydroxyl groups is 1. The first-order valence-electron chi connectivity index (χ1n) is 10.5. The van der Waals surface area contributed by atoms with E-state index in [1.54, 1.807) is 0 Å². The van der Waals surface area contributed by atoms with Gasteiger partial charge in [-0.15, -0.1) is 10.2 Å². The summed E-state index contributed by atoms with van der Waals surface area (Å²) in [5.41, 5.74) is -0.614. The maximum absolute atomic E-state index is 13.3. The Morgan fingerprint density at radius 2 is 2.23 bits per heavy atom. The number of carbonyl (C=O) groups excluding carboxylic acids is 2. The van der Waals surface area contributed by atoms with Crippen LogP contribution in [0.25, 0.3) is 0 Å². The van der Waals surface area contributed by atoms with E-state index in [0.717, 1.165) is 19.2 Å². The summed E-state index contributed by atoms with van der Waals surface area (Å²) in [6.07, 6.45) is 2.44. The molecule has 2 fully saturated rings. The van der Waals surface area contributed by atoms with Crippen LogP contribution in [-0.4, -0.2) is 76.4 Å². The molecule has 11 nitrogen and oxygen atoms in total. The predicted molar refractivity (Wildman–Crippen MR) is 111 cm³/mol. The normalized spacial score (nSPS) is 25.8. The number of ether oxygens (including phenoxy) is 1. The molecule has 4 atom stereocenters. The minimum atomic E-state index is -1.67. The molecule has 0 bridgehead atoms. The van der Waals surface area contributed by atoms with E-state index in [0.29, 0.717) is 19.4 Å². The monoisotopic (exact) mass is 457 g/mol. The van der Waals surface area contributed by atoms with Gasteiger partial charge in [0.2, 0.25) is 18.2 Å². The molecule has 1 spiro atoms. The lowest BCUT2D eigenvalue weighted by Gasteiger charge is -2.52. The Morgan fingerprint density at radius 3 is 2.81 bits per heavy atom. The van der Waals surface area contributed by atoms with E-state index in [9.17, 15) is 18.9 Å². The molecule has 0 radical (unpaired) electrons. The summed E-state index contributed by atoms with van der Waals surface area (Å²) in [7, 11) is -1.67. The minimum absolute atomic E-state index is 0.00136. The van der Waals surface area contributed by atoms with Crippen LogP contribution in [0.2, 0.25) is 0 Å². The lowest BCUT2D eigenvalue weighted by atomic mass is 10.0. The van der Waals surface area contributed by atoms with Gasteiger partial charge in [-0.2, -0.15) is 0 Å². The number of aromatic nitrogens is 2. The molecule has 12 heteroatoms. The molecule has 0 aromatic carbocycles. The Balaban J connectivity index is 1.68. The minimum Gasteiger partial charge on any atom is -0.443 e. The van der Waals surface area contributed by atoms with Crippen molar-refractivity contribution < 1.29 is 28.1 Å². The standard InChI is InChI=1S/C19H31N5O6S/c1-5-7-18(3,4)30-17(27)23-9-6-8-19(23)11-24(31(19)28)15(13(2)25)16(26)20-10-14-22-21-12-29-14/h12-13,15,25H,5-11H2,1-4H3,(H,20,26)/t13-,15+,19?,31?/m1/s1. The van der Waals surface area contributed by atoms with Gasteiger partial charge < -0.3 is 19.6 Å². The molecule has 2 amide bonds. The van der Waals surface area contributed by atoms with Gasteiger partial charge in [0.1, 0.15) is 27.5 Å². The first-order valence-corrected chi connectivity index (χ1v) is 11.6. The van der Waals surface area contributed by atoms with Crippen LogP contribution in [0.1, 0.15) is 59.3 Å². The van der Waals surface area contributed by atoms with Crippen LogP contribution in [0.4, 0.5) is 4.79 Å². The van der Waals surface area contributed by atoms with E-state index in [2.05, 4.69) is 15.5 Å². The van der Waals surface area contributed by atoms with E-state index >= 15 is 0 Å². The smallest absolute Gasteiger partial charge is 0.411 e. The molecule has 0 aliphatic carbocycles. The number of aliphatic hydroxyl groups excluding tert-OH is 1. The van der Waals surface area contributed by atoms with Crippen LogP contribution in [0, 0.1) is 0 Å². The van der Waals surface area contributed by atoms with Gasteiger partial charge in [-0.05, 0) is 40.0 Å². The molecule has 3 heterocycles. The van der Waals surface area contributed by atoms with Gasteiger partial charge in [-0.3, -0.25) is 9.69 Å². The van der Waals surface area contributed by atoms with Crippen molar-refractivity contribution >= 4 is 23.0 Å². The SMILES string of the molecule is CCCC(C)(C)OC(=O)N1CCCC12CN([C@H](C(=O)NCc1nnco1)[C@@H](C)O)S2=O. The van der Waals surface area contributed by atoms with Crippen LogP contribution in [0.15, 0.2) is 10.8 Å². The molecule has 2 aliphatic heterocycles. The zero-order valence-electron chi connectivity index (χ0n) is 18.4. The maximum Gasteiger partial charge on any atom is 0.411 e. The number of likely N-dealkylation sites (tertiary alicyclic amines) is 1. The van der Waals surface area contributed by atoms with Crippen molar-refractivity contribution in [1.82, 2.24) is 24.7 Å². The molecule has 174 valence electrons. The van der Waals surface area contributed by atoms with E-state index < -0.39 is 45.6 Å². The summed E-state index contributed by atoms with van der Waals surface area (Å²) in [5.74, 6) is -0.286. The van der Waals surface area contributed by atoms with E-state index in [1.807, 2.05) is 20.8 Å². The second kappa shape index (κ2) is 9.21. The number of rotatable bonds is 8. The Hall–Kier alpha value is -2.05. The topological polar surface area (TPSA) is 138 Å². The van der Waals surface area contributed by atoms with Gasteiger partial charge in [-0.1, -0.05) is 13.3 Å². The van der Waals surface area contributed by atoms with E-state index in [-0.39, 0.29) is 19.0 Å². The summed E-state index contributed by atoms with van der Waals surface area (Å²) in [6.45, 7) is 7.86. The van der Waals surface area contributed by atoms with Crippen LogP contribution < -0.4 is 5.32 Å². The van der Waals surface area contributed by atoms with Crippen LogP contribution in [-0.2, 0) is 27.1 Å². The highest BCUT2D eigenvalue weighted by atomic mass is 32.2. The number of nitrogens with zero attached hydrogens (tertiary/aromatic N) is 4. The summed E-state index contributed by atoms with van der Waals surface area (Å²) in [6, 6.07) is -1.04. The van der Waals surface area contributed by atoms with Crippen molar-refractivity contribution in [2.75, 3.05) is 13.1 Å². The quantitative estimate of drug-likeness (QED) is 0.588. The predicted octanol–water partition coefficient (Wildman–Crippen LogP) is 0.922. The van der Waals surface area contributed by atoms with Gasteiger partial charge in [0.05, 0.1) is 12.6 Å². The summed E-state index contributed by atoms with van der Waals surface area (Å²) in [5, 5.41) is 20.1. The van der Waals surface area contributed by atoms with Gasteiger partial charge >= 0.3 is 6.09 Å². The average Bonchev–Trinajstić information content (AvgIpc) is 3.36. The third-order valence-electron chi connectivity index (χ3n) is 5.67. The first kappa shape index (κ1) is 23.6. The number of nitrogens with one attached hydrogen (secondary N) is 1. The Kier molecular flexibility index (Phi) is 7.01. The van der Waals surface area contributed by atoms with Gasteiger partial charge in [0, 0.05) is 13.1 Å². The zero-order valence-corrected chi connectivity index (χ0v) is 19.2. The second-order valence-corrected chi connectivity index (χ2v) is 10.4.